The highest BCUT2D eigenvalue weighted by Gasteiger charge is 2.13. The second kappa shape index (κ2) is 10.1. The molecule has 5 nitrogen and oxygen atoms in total. The van der Waals surface area contributed by atoms with Crippen LogP contribution in [0.5, 0.6) is 0 Å². The van der Waals surface area contributed by atoms with E-state index in [1.165, 1.54) is 0 Å². The summed E-state index contributed by atoms with van der Waals surface area (Å²) in [6.07, 6.45) is 3.86. The Hall–Kier alpha value is -0.880. The van der Waals surface area contributed by atoms with Gasteiger partial charge in [0.05, 0.1) is 0 Å². The van der Waals surface area contributed by atoms with Crippen molar-refractivity contribution in [3.63, 3.8) is 0 Å². The minimum Gasteiger partial charge on any atom is -0.396 e. The van der Waals surface area contributed by atoms with Gasteiger partial charge in [-0.25, -0.2) is 0 Å². The third kappa shape index (κ3) is 5.64. The molecule has 0 aliphatic carbocycles. The molecule has 0 aliphatic heterocycles. The Bertz CT molecular complexity index is 364. The Morgan fingerprint density at radius 1 is 1.56 bits per heavy atom. The van der Waals surface area contributed by atoms with Gasteiger partial charge in [0.2, 0.25) is 5.91 Å². The van der Waals surface area contributed by atoms with Gasteiger partial charge >= 0.3 is 0 Å². The molecule has 0 bridgehead atoms. The monoisotopic (exact) mass is 295 g/mol. The SMILES string of the molecule is CC(NCCCO)c1cnccc1C(N)=O.Cl.Cl. The summed E-state index contributed by atoms with van der Waals surface area (Å²) in [4.78, 5) is 15.2. The summed E-state index contributed by atoms with van der Waals surface area (Å²) in [6.45, 7) is 2.76. The summed E-state index contributed by atoms with van der Waals surface area (Å²) in [5.74, 6) is -0.451. The van der Waals surface area contributed by atoms with E-state index in [0.29, 0.717) is 18.5 Å². The van der Waals surface area contributed by atoms with Crippen LogP contribution in [0.15, 0.2) is 18.5 Å². The van der Waals surface area contributed by atoms with Crippen LogP contribution in [-0.4, -0.2) is 29.1 Å². The van der Waals surface area contributed by atoms with Gasteiger partial charge in [-0.1, -0.05) is 0 Å². The van der Waals surface area contributed by atoms with Crippen molar-refractivity contribution in [3.8, 4) is 0 Å². The van der Waals surface area contributed by atoms with Crippen LogP contribution in [0.25, 0.3) is 0 Å². The second-order valence-electron chi connectivity index (χ2n) is 3.58. The number of rotatable bonds is 6. The summed E-state index contributed by atoms with van der Waals surface area (Å²) in [7, 11) is 0. The number of hydrogen-bond donors (Lipinski definition) is 3. The molecular formula is C11H19Cl2N3O2. The van der Waals surface area contributed by atoms with E-state index in [4.69, 9.17) is 10.8 Å². The summed E-state index contributed by atoms with van der Waals surface area (Å²) >= 11 is 0. The van der Waals surface area contributed by atoms with Gasteiger partial charge in [-0.3, -0.25) is 9.78 Å². The number of halogens is 2. The van der Waals surface area contributed by atoms with Gasteiger partial charge in [-0.2, -0.15) is 0 Å². The predicted octanol–water partition coefficient (Wildman–Crippen LogP) is 1.06. The van der Waals surface area contributed by atoms with Gasteiger partial charge in [0.1, 0.15) is 0 Å². The largest absolute Gasteiger partial charge is 0.396 e. The lowest BCUT2D eigenvalue weighted by atomic mass is 10.0. The van der Waals surface area contributed by atoms with E-state index in [1.54, 1.807) is 18.5 Å². The molecule has 0 saturated heterocycles. The number of aromatic nitrogens is 1. The highest BCUT2D eigenvalue weighted by atomic mass is 35.5. The third-order valence-corrected chi connectivity index (χ3v) is 2.37. The number of pyridine rings is 1. The van der Waals surface area contributed by atoms with E-state index in [0.717, 1.165) is 5.56 Å². The lowest BCUT2D eigenvalue weighted by Crippen LogP contribution is -2.24. The minimum absolute atomic E-state index is 0. The fourth-order valence-corrected chi connectivity index (χ4v) is 1.48. The highest BCUT2D eigenvalue weighted by molar-refractivity contribution is 5.94. The molecule has 1 rings (SSSR count). The van der Waals surface area contributed by atoms with Crippen LogP contribution < -0.4 is 11.1 Å². The Labute approximate surface area is 119 Å². The molecule has 4 N–H and O–H groups in total. The zero-order chi connectivity index (χ0) is 12.0. The van der Waals surface area contributed by atoms with Crippen LogP contribution >= 0.6 is 24.8 Å². The minimum atomic E-state index is -0.451. The summed E-state index contributed by atoms with van der Waals surface area (Å²) in [6, 6.07) is 1.60. The Morgan fingerprint density at radius 3 is 2.78 bits per heavy atom. The van der Waals surface area contributed by atoms with Crippen LogP contribution in [0.3, 0.4) is 0 Å². The van der Waals surface area contributed by atoms with Crippen molar-refractivity contribution in [1.82, 2.24) is 10.3 Å². The molecule has 1 heterocycles. The van der Waals surface area contributed by atoms with Crippen molar-refractivity contribution in [2.75, 3.05) is 13.2 Å². The van der Waals surface area contributed by atoms with Crippen molar-refractivity contribution < 1.29 is 9.90 Å². The molecule has 0 fully saturated rings. The Morgan fingerprint density at radius 2 is 2.22 bits per heavy atom. The molecule has 104 valence electrons. The summed E-state index contributed by atoms with van der Waals surface area (Å²) in [5, 5.41) is 11.9. The zero-order valence-electron chi connectivity index (χ0n) is 10.1. The average molecular weight is 296 g/mol. The van der Waals surface area contributed by atoms with Gasteiger partial charge in [0.15, 0.2) is 0 Å². The number of carbonyl (C=O) groups excluding carboxylic acids is 1. The van der Waals surface area contributed by atoms with Gasteiger partial charge < -0.3 is 16.2 Å². The van der Waals surface area contributed by atoms with Gasteiger partial charge in [0.25, 0.3) is 0 Å². The quantitative estimate of drug-likeness (QED) is 0.685. The van der Waals surface area contributed by atoms with Crippen molar-refractivity contribution in [2.45, 2.75) is 19.4 Å². The normalized spacial score (nSPS) is 11.0. The predicted molar refractivity (Wildman–Crippen MR) is 75.4 cm³/mol. The van der Waals surface area contributed by atoms with Crippen LogP contribution in [0.2, 0.25) is 0 Å². The first-order chi connectivity index (χ1) is 7.66. The molecule has 0 aliphatic rings. The maximum Gasteiger partial charge on any atom is 0.249 e. The fraction of sp³-hybridized carbons (Fsp3) is 0.455. The van der Waals surface area contributed by atoms with Crippen molar-refractivity contribution in [1.29, 1.82) is 0 Å². The molecule has 0 spiro atoms. The van der Waals surface area contributed by atoms with Crippen molar-refractivity contribution in [2.24, 2.45) is 5.73 Å². The lowest BCUT2D eigenvalue weighted by molar-refractivity contribution is 0.0998. The number of primary amides is 1. The van der Waals surface area contributed by atoms with E-state index >= 15 is 0 Å². The Balaban J connectivity index is 0. The van der Waals surface area contributed by atoms with E-state index in [-0.39, 0.29) is 37.5 Å². The van der Waals surface area contributed by atoms with Gasteiger partial charge in [0, 0.05) is 30.6 Å². The molecule has 1 unspecified atom stereocenters. The van der Waals surface area contributed by atoms with Crippen molar-refractivity contribution >= 4 is 30.7 Å². The summed E-state index contributed by atoms with van der Waals surface area (Å²) < 4.78 is 0. The molecule has 1 aromatic rings. The molecule has 1 amide bonds. The van der Waals surface area contributed by atoms with E-state index < -0.39 is 5.91 Å². The second-order valence-corrected chi connectivity index (χ2v) is 3.58. The fourth-order valence-electron chi connectivity index (χ4n) is 1.48. The number of hydrogen-bond acceptors (Lipinski definition) is 4. The van der Waals surface area contributed by atoms with Crippen LogP contribution in [-0.2, 0) is 0 Å². The standard InChI is InChI=1S/C11H17N3O2.2ClH/c1-8(14-4-2-6-15)10-7-13-5-3-9(10)11(12)16;;/h3,5,7-8,14-15H,2,4,6H2,1H3,(H2,12,16);2*1H. The van der Waals surface area contributed by atoms with Gasteiger partial charge in [-0.05, 0) is 31.5 Å². The first kappa shape index (κ1) is 19.5. The van der Waals surface area contributed by atoms with E-state index in [2.05, 4.69) is 10.3 Å². The number of nitrogens with two attached hydrogens (primary N) is 1. The first-order valence-corrected chi connectivity index (χ1v) is 5.24. The summed E-state index contributed by atoms with van der Waals surface area (Å²) in [5.41, 5.74) is 6.54. The van der Waals surface area contributed by atoms with Crippen LogP contribution in [0, 0.1) is 0 Å². The topological polar surface area (TPSA) is 88.2 Å². The third-order valence-electron chi connectivity index (χ3n) is 2.37. The molecule has 18 heavy (non-hydrogen) atoms. The molecule has 0 saturated carbocycles. The molecule has 1 atom stereocenters. The molecule has 7 heteroatoms. The van der Waals surface area contributed by atoms with Gasteiger partial charge in [-0.15, -0.1) is 24.8 Å². The van der Waals surface area contributed by atoms with Crippen molar-refractivity contribution in [3.05, 3.63) is 29.6 Å². The number of aliphatic hydroxyl groups is 1. The number of nitrogens with zero attached hydrogens (tertiary/aromatic N) is 1. The Kier molecular flexibility index (Phi) is 10.9. The average Bonchev–Trinajstić information content (AvgIpc) is 2.29. The number of amides is 1. The van der Waals surface area contributed by atoms with Crippen LogP contribution in [0.1, 0.15) is 35.3 Å². The molecular weight excluding hydrogens is 277 g/mol. The maximum absolute atomic E-state index is 11.2. The number of aliphatic hydroxyl groups excluding tert-OH is 1. The van der Waals surface area contributed by atoms with Crippen LogP contribution in [0.4, 0.5) is 0 Å². The lowest BCUT2D eigenvalue weighted by Gasteiger charge is -2.15. The zero-order valence-corrected chi connectivity index (χ0v) is 11.8. The number of carbonyl (C=O) groups is 1. The maximum atomic E-state index is 11.2. The smallest absolute Gasteiger partial charge is 0.249 e. The highest BCUT2D eigenvalue weighted by Crippen LogP contribution is 2.15. The van der Waals surface area contributed by atoms with E-state index in [1.807, 2.05) is 6.92 Å². The molecule has 0 radical (unpaired) electrons. The first-order valence-electron chi connectivity index (χ1n) is 5.24. The molecule has 0 aromatic carbocycles. The molecule has 1 aromatic heterocycles. The number of nitrogens with one attached hydrogen (secondary N) is 1. The van der Waals surface area contributed by atoms with E-state index in [9.17, 15) is 4.79 Å².